The van der Waals surface area contributed by atoms with Gasteiger partial charge in [0.2, 0.25) is 0 Å². The number of halogens is 2. The maximum Gasteiger partial charge on any atom is -0.147 e. The Kier molecular flexibility index (Phi) is 11.3. The molecule has 0 N–H and O–H groups in total. The minimum absolute atomic E-state index is 0. The predicted octanol–water partition coefficient (Wildman–Crippen LogP) is 17.7. The molecule has 2 heterocycles. The molecule has 0 aliphatic heterocycles. The van der Waals surface area contributed by atoms with Crippen molar-refractivity contribution < 1.29 is 26.2 Å². The van der Waals surface area contributed by atoms with Gasteiger partial charge in [0, 0.05) is 0 Å². The number of fused-ring (bicyclic) bond motifs is 8. The van der Waals surface area contributed by atoms with Crippen molar-refractivity contribution in [1.29, 1.82) is 0 Å². The molecule has 2 nitrogen and oxygen atoms in total. The minimum Gasteiger partial charge on any atom is -0.147 e. The first-order valence-corrected chi connectivity index (χ1v) is 37.2. The summed E-state index contributed by atoms with van der Waals surface area (Å²) in [7, 11) is 0. The zero-order chi connectivity index (χ0) is 45.4. The van der Waals surface area contributed by atoms with Crippen LogP contribution in [0.5, 0.6) is 0 Å². The van der Waals surface area contributed by atoms with Crippen LogP contribution >= 0.6 is 24.8 Å². The van der Waals surface area contributed by atoms with Crippen molar-refractivity contribution in [3.8, 4) is 22.3 Å². The van der Waals surface area contributed by atoms with Gasteiger partial charge in [-0.15, -0.1) is 24.8 Å². The predicted molar refractivity (Wildman–Crippen MR) is 296 cm³/mol. The summed E-state index contributed by atoms with van der Waals surface area (Å²) < 4.78 is 19.3. The Morgan fingerprint density at radius 1 is 0.426 bits per heavy atom. The molecule has 12 rings (SSSR count). The number of rotatable bonds is 6. The van der Waals surface area contributed by atoms with Crippen LogP contribution in [0.1, 0.15) is 74.8 Å². The van der Waals surface area contributed by atoms with E-state index in [9.17, 15) is 0 Å². The van der Waals surface area contributed by atoms with Gasteiger partial charge in [-0.3, -0.25) is 0 Å². The van der Waals surface area contributed by atoms with Gasteiger partial charge >= 0.3 is 393 Å². The topological polar surface area (TPSA) is 26.3 Å². The van der Waals surface area contributed by atoms with Crippen molar-refractivity contribution in [2.75, 3.05) is 0 Å². The molecule has 2 aliphatic rings. The molecule has 8 aromatic carbocycles. The Morgan fingerprint density at radius 3 is 1.15 bits per heavy atom. The van der Waals surface area contributed by atoms with Crippen LogP contribution in [-0.4, -0.2) is 6.88 Å². The van der Waals surface area contributed by atoms with E-state index >= 15 is 0 Å². The van der Waals surface area contributed by atoms with Crippen molar-refractivity contribution in [2.24, 2.45) is 0 Å². The molecule has 0 fully saturated rings. The molecule has 0 spiro atoms. The Labute approximate surface area is 414 Å². The number of hydrogen-bond acceptors (Lipinski definition) is 2. The average molecular weight is 1020 g/mol. The van der Waals surface area contributed by atoms with Crippen LogP contribution in [-0.2, 0) is 17.4 Å². The monoisotopic (exact) mass is 1020 g/mol. The molecular formula is C62H56Cl2O2SiZr. The van der Waals surface area contributed by atoms with Crippen LogP contribution in [0.3, 0.4) is 0 Å². The molecule has 0 amide bonds. The van der Waals surface area contributed by atoms with Crippen molar-refractivity contribution in [2.45, 2.75) is 58.1 Å². The minimum atomic E-state index is -4.44. The fourth-order valence-corrected chi connectivity index (χ4v) is 30.9. The van der Waals surface area contributed by atoms with Gasteiger partial charge in [-0.1, -0.05) is 0 Å². The summed E-state index contributed by atoms with van der Waals surface area (Å²) >= 11 is -4.44. The van der Waals surface area contributed by atoms with Crippen LogP contribution < -0.4 is 0 Å². The molecule has 2 atom stereocenters. The van der Waals surface area contributed by atoms with E-state index < -0.39 is 17.4 Å². The summed E-state index contributed by atoms with van der Waals surface area (Å²) in [5.74, 6) is 3.83. The summed E-state index contributed by atoms with van der Waals surface area (Å²) in [4.78, 5) is 0. The molecule has 0 saturated heterocycles. The first-order valence-electron chi connectivity index (χ1n) is 23.5. The van der Waals surface area contributed by atoms with Gasteiger partial charge in [0.1, 0.15) is 0 Å². The van der Waals surface area contributed by atoms with E-state index in [-0.39, 0.29) is 32.1 Å². The molecule has 0 bridgehead atoms. The third-order valence-electron chi connectivity index (χ3n) is 15.7. The standard InChI is InChI=1S/2C30H23O.2CH3.2ClH.H2Si.Zr/c2*1-18-14-22-15-23(29-13-12-19(2)31-29)17-27(22)30(20(18)3)28-16-21-8-4-5-9-24(21)25-10-6-7-11-26(25)28;;;;;;/h2*4-17H,1-3H3;2*1H3;2*1H;1H2;. The van der Waals surface area contributed by atoms with E-state index in [0.29, 0.717) is 0 Å². The SMILES string of the molecule is Cc1ccc(C2=Cc3c(cc(C)c(C)c3-c3cc4ccccc4c4ccccc34)[CH]2[Zr]([CH3])([CH3])(=[SiH2])[CH]2C(c3ccc(C)o3)=Cc3c2cc(C)c(C)c3-c2cc3ccccc3c3ccccc23)o1.Cl.Cl. The average Bonchev–Trinajstić information content (AvgIpc) is 4.12. The van der Waals surface area contributed by atoms with Gasteiger partial charge in [0.15, 0.2) is 0 Å². The molecule has 68 heavy (non-hydrogen) atoms. The van der Waals surface area contributed by atoms with Gasteiger partial charge in [0.05, 0.1) is 0 Å². The number of hydrogen-bond donors (Lipinski definition) is 0. The molecule has 2 aromatic heterocycles. The third-order valence-corrected chi connectivity index (χ3v) is 32.9. The molecule has 338 valence electrons. The number of aryl methyl sites for hydroxylation is 4. The number of furan rings is 2. The van der Waals surface area contributed by atoms with Gasteiger partial charge in [-0.25, -0.2) is 0 Å². The second-order valence-electron chi connectivity index (χ2n) is 20.6. The summed E-state index contributed by atoms with van der Waals surface area (Å²) in [5, 5.41) is 10.3. The van der Waals surface area contributed by atoms with Crippen molar-refractivity contribution in [3.05, 3.63) is 213 Å². The van der Waals surface area contributed by atoms with E-state index in [1.165, 1.54) is 121 Å². The van der Waals surface area contributed by atoms with Gasteiger partial charge < -0.3 is 0 Å². The van der Waals surface area contributed by atoms with E-state index in [4.69, 9.17) is 8.83 Å². The van der Waals surface area contributed by atoms with Crippen LogP contribution in [0.25, 0.3) is 88.6 Å². The Hall–Kier alpha value is -5.48. The molecule has 0 radical (unpaired) electrons. The van der Waals surface area contributed by atoms with Crippen molar-refractivity contribution in [1.82, 2.24) is 0 Å². The molecule has 10 aromatic rings. The van der Waals surface area contributed by atoms with E-state index in [0.717, 1.165) is 23.0 Å². The summed E-state index contributed by atoms with van der Waals surface area (Å²) in [6.07, 6.45) is 5.09. The number of benzene rings is 8. The molecule has 2 unspecified atom stereocenters. The fraction of sp³-hybridized carbons (Fsp3) is 0.161. The second kappa shape index (κ2) is 16.6. The summed E-state index contributed by atoms with van der Waals surface area (Å²) in [6.45, 7) is 15.9. The summed E-state index contributed by atoms with van der Waals surface area (Å²) in [6, 6.07) is 54.5. The van der Waals surface area contributed by atoms with Crippen molar-refractivity contribution in [3.63, 3.8) is 0 Å². The second-order valence-corrected chi connectivity index (χ2v) is 51.1. The van der Waals surface area contributed by atoms with Gasteiger partial charge in [-0.2, -0.15) is 0 Å². The smallest absolute Gasteiger partial charge is 0.147 e. The van der Waals surface area contributed by atoms with Gasteiger partial charge in [-0.05, 0) is 0 Å². The molecule has 2 aliphatic carbocycles. The third kappa shape index (κ3) is 6.88. The van der Waals surface area contributed by atoms with Crippen LogP contribution in [0, 0.1) is 41.5 Å². The maximum atomic E-state index is 6.77. The van der Waals surface area contributed by atoms with Crippen LogP contribution in [0.15, 0.2) is 154 Å². The molecule has 6 heteroatoms. The Balaban J connectivity index is 0.00000269. The van der Waals surface area contributed by atoms with Crippen molar-refractivity contribution >= 4 is 98.1 Å². The maximum absolute atomic E-state index is 6.77. The van der Waals surface area contributed by atoms with E-state index in [1.54, 1.807) is 0 Å². The number of allylic oxidation sites excluding steroid dienone is 2. The van der Waals surface area contributed by atoms with Crippen LogP contribution in [0.4, 0.5) is 0 Å². The molecule has 0 saturated carbocycles. The normalized spacial score (nSPS) is 15.6. The van der Waals surface area contributed by atoms with Gasteiger partial charge in [0.25, 0.3) is 0 Å². The largest absolute Gasteiger partial charge is 0.147 e. The Bertz CT molecular complexity index is 3650. The van der Waals surface area contributed by atoms with Crippen LogP contribution in [0.2, 0.25) is 9.26 Å². The zero-order valence-corrected chi connectivity index (χ0v) is 45.5. The zero-order valence-electron chi connectivity index (χ0n) is 40.0. The first kappa shape index (κ1) is 46.3. The fourth-order valence-electron chi connectivity index (χ4n) is 12.6. The quantitative estimate of drug-likeness (QED) is 0.123. The molecular weight excluding hydrogens is 967 g/mol. The Morgan fingerprint density at radius 2 is 0.779 bits per heavy atom. The summed E-state index contributed by atoms with van der Waals surface area (Å²) in [5.41, 5.74) is 18.8. The van der Waals surface area contributed by atoms with E-state index in [2.05, 4.69) is 215 Å². The van der Waals surface area contributed by atoms with E-state index in [1.807, 2.05) is 0 Å². The first-order chi connectivity index (χ1) is 31.8.